The van der Waals surface area contributed by atoms with Crippen molar-refractivity contribution in [1.29, 1.82) is 0 Å². The lowest BCUT2D eigenvalue weighted by molar-refractivity contribution is -0.870. The van der Waals surface area contributed by atoms with Gasteiger partial charge in [-0.05, 0) is 89.9 Å². The van der Waals surface area contributed by atoms with Gasteiger partial charge in [-0.2, -0.15) is 0 Å². The smallest absolute Gasteiger partial charge is 0.387 e. The van der Waals surface area contributed by atoms with Gasteiger partial charge in [-0.15, -0.1) is 0 Å². The number of rotatable bonds is 65. The van der Waals surface area contributed by atoms with Crippen molar-refractivity contribution in [2.45, 2.75) is 321 Å². The molecular formula is C77H138N2O6P+. The van der Waals surface area contributed by atoms with Crippen molar-refractivity contribution in [1.82, 2.24) is 5.32 Å². The molecule has 0 aliphatic carbocycles. The lowest BCUT2D eigenvalue weighted by Crippen LogP contribution is -2.45. The van der Waals surface area contributed by atoms with E-state index in [1.807, 2.05) is 27.2 Å². The number of hydrogen-bond acceptors (Lipinski definition) is 5. The molecule has 496 valence electrons. The van der Waals surface area contributed by atoms with Crippen LogP contribution in [0.2, 0.25) is 0 Å². The minimum atomic E-state index is -4.36. The van der Waals surface area contributed by atoms with Crippen molar-refractivity contribution in [3.05, 3.63) is 122 Å². The normalized spacial score (nSPS) is 14.4. The molecule has 0 radical (unpaired) electrons. The number of amides is 1. The highest BCUT2D eigenvalue weighted by Crippen LogP contribution is 2.43. The first-order valence-electron chi connectivity index (χ1n) is 35.9. The third-order valence-electron chi connectivity index (χ3n) is 15.7. The highest BCUT2D eigenvalue weighted by atomic mass is 31.2. The molecule has 9 heteroatoms. The van der Waals surface area contributed by atoms with E-state index in [-0.39, 0.29) is 19.1 Å². The van der Waals surface area contributed by atoms with E-state index < -0.39 is 20.0 Å². The number of nitrogens with one attached hydrogen (secondary N) is 1. The van der Waals surface area contributed by atoms with Gasteiger partial charge in [0.15, 0.2) is 0 Å². The maximum absolute atomic E-state index is 13.1. The van der Waals surface area contributed by atoms with Crippen LogP contribution in [0.25, 0.3) is 0 Å². The molecule has 0 aromatic carbocycles. The van der Waals surface area contributed by atoms with Gasteiger partial charge in [-0.1, -0.05) is 334 Å². The Morgan fingerprint density at radius 3 is 1.02 bits per heavy atom. The minimum absolute atomic E-state index is 0.0567. The van der Waals surface area contributed by atoms with Gasteiger partial charge in [-0.3, -0.25) is 13.8 Å². The van der Waals surface area contributed by atoms with Gasteiger partial charge in [0.05, 0.1) is 39.9 Å². The van der Waals surface area contributed by atoms with Crippen LogP contribution < -0.4 is 5.32 Å². The maximum Gasteiger partial charge on any atom is 0.472 e. The molecule has 3 N–H and O–H groups in total. The summed E-state index contributed by atoms with van der Waals surface area (Å²) < 4.78 is 23.8. The van der Waals surface area contributed by atoms with Gasteiger partial charge in [-0.25, -0.2) is 4.57 Å². The Morgan fingerprint density at radius 1 is 0.407 bits per heavy atom. The zero-order valence-corrected chi connectivity index (χ0v) is 57.7. The van der Waals surface area contributed by atoms with Crippen LogP contribution in [0.4, 0.5) is 0 Å². The Labute approximate surface area is 533 Å². The van der Waals surface area contributed by atoms with Crippen molar-refractivity contribution in [2.24, 2.45) is 0 Å². The molecule has 0 bridgehead atoms. The number of aliphatic hydroxyl groups is 1. The number of phosphoric acid groups is 1. The van der Waals surface area contributed by atoms with Gasteiger partial charge < -0.3 is 19.8 Å². The molecule has 0 fully saturated rings. The van der Waals surface area contributed by atoms with E-state index in [0.717, 1.165) is 96.3 Å². The zero-order chi connectivity index (χ0) is 62.6. The van der Waals surface area contributed by atoms with Crippen LogP contribution >= 0.6 is 7.82 Å². The van der Waals surface area contributed by atoms with E-state index in [1.54, 1.807) is 6.08 Å². The monoisotopic (exact) mass is 1220 g/mol. The second kappa shape index (κ2) is 66.3. The minimum Gasteiger partial charge on any atom is -0.387 e. The average Bonchev–Trinajstić information content (AvgIpc) is 3.70. The summed E-state index contributed by atoms with van der Waals surface area (Å²) in [5, 5.41) is 14.0. The first-order valence-corrected chi connectivity index (χ1v) is 37.4. The number of allylic oxidation sites excluding steroid dienone is 19. The van der Waals surface area contributed by atoms with Crippen LogP contribution in [0.15, 0.2) is 122 Å². The van der Waals surface area contributed by atoms with Crippen LogP contribution in [-0.4, -0.2) is 73.4 Å². The summed E-state index contributed by atoms with van der Waals surface area (Å²) in [6, 6.07) is -0.857. The van der Waals surface area contributed by atoms with E-state index in [2.05, 4.69) is 129 Å². The SMILES string of the molecule is CC/C=C\C/C=C\C/C=C\C/C=C\C/C=C\C/C=C\C/C=C\C/C=C\C/C=C\CCCCCCCCCCCCCC(=O)NC(COP(=O)(O)OCC[N+](C)(C)C)C(O)/C=C/CCCCCCCCCCCCCCCCCCCCCCCCC. The molecule has 0 aromatic rings. The number of nitrogens with zero attached hydrogens (tertiary/aromatic N) is 1. The standard InChI is InChI=1S/C77H137N2O6P/c1-6-8-10-12-14-16-18-20-22-24-26-28-30-32-33-34-35-36-37-38-39-40-41-42-43-44-45-47-49-51-53-55-57-59-61-63-65-67-69-71-77(81)78-75(74-85-86(82,83)84-73-72-79(3,4)5)76(80)70-68-66-64-62-60-58-56-54-52-50-48-46-31-29-27-25-23-21-19-17-15-13-11-9-7-2/h8,10,14,16,20,22,26,28,32-33,35-36,38-39,41-42,44-45,68,70,75-76,80H,6-7,9,11-13,15,17-19,21,23-25,27,29-31,34,37,40,43,46-67,69,71-74H2,1-5H3,(H-,78,81,82,83)/p+1/b10-8-,16-14-,22-20-,28-26-,33-32-,36-35-,39-38-,42-41-,45-44-,70-68+. The Bertz CT molecular complexity index is 1820. The van der Waals surface area contributed by atoms with Gasteiger partial charge in [0.25, 0.3) is 0 Å². The highest BCUT2D eigenvalue weighted by molar-refractivity contribution is 7.47. The number of aliphatic hydroxyl groups excluding tert-OH is 1. The first-order chi connectivity index (χ1) is 42.0. The van der Waals surface area contributed by atoms with Crippen LogP contribution in [-0.2, 0) is 18.4 Å². The first kappa shape index (κ1) is 82.9. The highest BCUT2D eigenvalue weighted by Gasteiger charge is 2.28. The lowest BCUT2D eigenvalue weighted by atomic mass is 10.0. The summed E-state index contributed by atoms with van der Waals surface area (Å²) in [6.45, 7) is 4.72. The van der Waals surface area contributed by atoms with Gasteiger partial charge in [0.2, 0.25) is 5.91 Å². The van der Waals surface area contributed by atoms with Gasteiger partial charge in [0, 0.05) is 6.42 Å². The van der Waals surface area contributed by atoms with Gasteiger partial charge in [0.1, 0.15) is 13.2 Å². The number of hydrogen-bond donors (Lipinski definition) is 3. The Hall–Kier alpha value is -3.10. The number of quaternary nitrogens is 1. The molecule has 0 saturated carbocycles. The molecule has 86 heavy (non-hydrogen) atoms. The molecule has 3 unspecified atom stereocenters. The Morgan fingerprint density at radius 2 is 0.698 bits per heavy atom. The summed E-state index contributed by atoms with van der Waals surface area (Å²) in [6.07, 6.45) is 99.1. The number of carbonyl (C=O) groups excluding carboxylic acids is 1. The molecule has 8 nitrogen and oxygen atoms in total. The van der Waals surface area contributed by atoms with Crippen LogP contribution in [0.3, 0.4) is 0 Å². The van der Waals surface area contributed by atoms with Crippen molar-refractivity contribution in [3.8, 4) is 0 Å². The molecule has 0 rings (SSSR count). The number of carbonyl (C=O) groups is 1. The molecule has 0 aliphatic rings. The quantitative estimate of drug-likeness (QED) is 0.0243. The summed E-state index contributed by atoms with van der Waals surface area (Å²) in [5.41, 5.74) is 0. The molecule has 0 aromatic heterocycles. The fraction of sp³-hybridized carbons (Fsp3) is 0.727. The fourth-order valence-electron chi connectivity index (χ4n) is 10.2. The van der Waals surface area contributed by atoms with Crippen molar-refractivity contribution >= 4 is 13.7 Å². The van der Waals surface area contributed by atoms with Crippen LogP contribution in [0.1, 0.15) is 309 Å². The molecule has 0 spiro atoms. The summed E-state index contributed by atoms with van der Waals surface area (Å²) in [7, 11) is 1.57. The molecule has 1 amide bonds. The van der Waals surface area contributed by atoms with Crippen molar-refractivity contribution < 1.29 is 32.9 Å². The van der Waals surface area contributed by atoms with E-state index in [9.17, 15) is 19.4 Å². The topological polar surface area (TPSA) is 105 Å². The predicted octanol–water partition coefficient (Wildman–Crippen LogP) is 23.2. The average molecular weight is 1220 g/mol. The van der Waals surface area contributed by atoms with E-state index in [0.29, 0.717) is 17.4 Å². The Kier molecular flexibility index (Phi) is 63.9. The van der Waals surface area contributed by atoms with Crippen LogP contribution in [0, 0.1) is 0 Å². The summed E-state index contributed by atoms with van der Waals surface area (Å²) >= 11 is 0. The van der Waals surface area contributed by atoms with Crippen molar-refractivity contribution in [2.75, 3.05) is 40.9 Å². The zero-order valence-electron chi connectivity index (χ0n) is 56.8. The summed E-state index contributed by atoms with van der Waals surface area (Å²) in [5.74, 6) is -0.181. The largest absolute Gasteiger partial charge is 0.472 e. The van der Waals surface area contributed by atoms with Crippen LogP contribution in [0.5, 0.6) is 0 Å². The fourth-order valence-corrected chi connectivity index (χ4v) is 10.9. The molecule has 3 atom stereocenters. The van der Waals surface area contributed by atoms with Crippen molar-refractivity contribution in [3.63, 3.8) is 0 Å². The molecule has 0 saturated heterocycles. The Balaban J connectivity index is 4.10. The lowest BCUT2D eigenvalue weighted by Gasteiger charge is -2.25. The third kappa shape index (κ3) is 68.4. The molecule has 0 heterocycles. The number of phosphoric ester groups is 1. The van der Waals surface area contributed by atoms with E-state index >= 15 is 0 Å². The molecular weight excluding hydrogens is 1080 g/mol. The second-order valence-electron chi connectivity index (χ2n) is 25.2. The third-order valence-corrected chi connectivity index (χ3v) is 16.7. The van der Waals surface area contributed by atoms with Gasteiger partial charge >= 0.3 is 7.82 Å². The maximum atomic E-state index is 13.1. The summed E-state index contributed by atoms with van der Waals surface area (Å²) in [4.78, 5) is 23.4. The number of unbranched alkanes of at least 4 members (excludes halogenated alkanes) is 34. The predicted molar refractivity (Wildman–Crippen MR) is 378 cm³/mol. The van der Waals surface area contributed by atoms with E-state index in [4.69, 9.17) is 9.05 Å². The second-order valence-corrected chi connectivity index (χ2v) is 26.7. The molecule has 0 aliphatic heterocycles. The van der Waals surface area contributed by atoms with E-state index in [1.165, 1.54) is 193 Å². The number of likely N-dealkylation sites (N-methyl/N-ethyl adjacent to an activating group) is 1.